The van der Waals surface area contributed by atoms with E-state index in [1.807, 2.05) is 0 Å². The molecule has 1 unspecified atom stereocenters. The van der Waals surface area contributed by atoms with E-state index < -0.39 is 30.1 Å². The molecule has 3 atom stereocenters. The maximum absolute atomic E-state index is 14.5. The van der Waals surface area contributed by atoms with E-state index in [-0.39, 0.29) is 24.7 Å². The number of nitrogens with zero attached hydrogens (tertiary/aromatic N) is 1. The lowest BCUT2D eigenvalue weighted by atomic mass is 9.98. The summed E-state index contributed by atoms with van der Waals surface area (Å²) in [5, 5.41) is 18.6. The molecule has 6 nitrogen and oxygen atoms in total. The molecule has 1 aliphatic rings. The van der Waals surface area contributed by atoms with E-state index in [2.05, 4.69) is 0 Å². The van der Waals surface area contributed by atoms with Gasteiger partial charge < -0.3 is 19.8 Å². The molecule has 1 fully saturated rings. The number of amides is 1. The second-order valence-corrected chi connectivity index (χ2v) is 7.01. The van der Waals surface area contributed by atoms with E-state index >= 15 is 0 Å². The Hall–Kier alpha value is -2.32. The number of alkyl halides is 1. The number of aliphatic hydroxyl groups excluding tert-OH is 1. The Bertz CT molecular complexity index is 698. The standard InChI is InChI=1S/C21H27F2NO5/c22-17(21(28)20(23)15-7-2-1-3-8-15)13-16-9-6-10-18(25)24(16)11-4-5-12-29-14-19(26)27/h1-3,7-8,13,16,20-21,28H,4-6,9-12,14H2,(H,26,27)/t16-,20?,21+/m1/s1. The molecule has 8 heteroatoms. The van der Waals surface area contributed by atoms with Crippen molar-refractivity contribution >= 4 is 11.9 Å². The van der Waals surface area contributed by atoms with Crippen LogP contribution in [0.1, 0.15) is 43.8 Å². The fourth-order valence-corrected chi connectivity index (χ4v) is 3.30. The van der Waals surface area contributed by atoms with Crippen LogP contribution in [0, 0.1) is 0 Å². The van der Waals surface area contributed by atoms with Crippen molar-refractivity contribution in [2.24, 2.45) is 0 Å². The van der Waals surface area contributed by atoms with Gasteiger partial charge in [-0.3, -0.25) is 4.79 Å². The lowest BCUT2D eigenvalue weighted by Gasteiger charge is -2.34. The number of ether oxygens (including phenoxy) is 1. The van der Waals surface area contributed by atoms with E-state index in [1.54, 1.807) is 18.2 Å². The van der Waals surface area contributed by atoms with Gasteiger partial charge in [0.15, 0.2) is 6.17 Å². The summed E-state index contributed by atoms with van der Waals surface area (Å²) in [6.45, 7) is 0.239. The maximum atomic E-state index is 14.5. The number of aliphatic carboxylic acids is 1. The Morgan fingerprint density at radius 1 is 1.31 bits per heavy atom. The Labute approximate surface area is 168 Å². The average molecular weight is 411 g/mol. The summed E-state index contributed by atoms with van der Waals surface area (Å²) in [5.74, 6) is -2.15. The van der Waals surface area contributed by atoms with Gasteiger partial charge in [0.05, 0.1) is 6.04 Å². The van der Waals surface area contributed by atoms with Crippen molar-refractivity contribution < 1.29 is 33.3 Å². The number of carboxylic acids is 1. The molecular weight excluding hydrogens is 384 g/mol. The van der Waals surface area contributed by atoms with Crippen LogP contribution in [-0.2, 0) is 14.3 Å². The molecule has 0 spiro atoms. The number of halogens is 2. The molecule has 0 aromatic heterocycles. The smallest absolute Gasteiger partial charge is 0.329 e. The first kappa shape index (κ1) is 23.0. The summed E-state index contributed by atoms with van der Waals surface area (Å²) in [5.41, 5.74) is 0.182. The molecule has 160 valence electrons. The van der Waals surface area contributed by atoms with Crippen molar-refractivity contribution in [3.63, 3.8) is 0 Å². The number of piperidine rings is 1. The van der Waals surface area contributed by atoms with Crippen LogP contribution >= 0.6 is 0 Å². The van der Waals surface area contributed by atoms with Crippen molar-refractivity contribution in [1.82, 2.24) is 4.90 Å². The number of rotatable bonds is 11. The number of benzene rings is 1. The summed E-state index contributed by atoms with van der Waals surface area (Å²) in [6, 6.07) is 7.32. The van der Waals surface area contributed by atoms with E-state index in [0.717, 1.165) is 6.08 Å². The Morgan fingerprint density at radius 2 is 2.03 bits per heavy atom. The molecular formula is C21H27F2NO5. The van der Waals surface area contributed by atoms with Crippen LogP contribution in [0.5, 0.6) is 0 Å². The SMILES string of the molecule is O=C(O)COCCCCN1C(=O)CCC[C@@H]1C=C(F)[C@H](O)C(F)c1ccccc1. The van der Waals surface area contributed by atoms with E-state index in [0.29, 0.717) is 38.6 Å². The van der Waals surface area contributed by atoms with Crippen LogP contribution < -0.4 is 0 Å². The number of carbonyl (C=O) groups is 2. The Balaban J connectivity index is 1.94. The largest absolute Gasteiger partial charge is 0.480 e. The number of hydrogen-bond acceptors (Lipinski definition) is 4. The zero-order chi connectivity index (χ0) is 21.2. The molecule has 29 heavy (non-hydrogen) atoms. The first-order chi connectivity index (χ1) is 13.9. The predicted molar refractivity (Wildman–Crippen MR) is 103 cm³/mol. The highest BCUT2D eigenvalue weighted by Gasteiger charge is 2.30. The molecule has 1 aromatic carbocycles. The van der Waals surface area contributed by atoms with Gasteiger partial charge in [-0.05, 0) is 37.3 Å². The predicted octanol–water partition coefficient (Wildman–Crippen LogP) is 3.17. The molecule has 0 radical (unpaired) electrons. The van der Waals surface area contributed by atoms with Crippen LogP contribution in [0.4, 0.5) is 8.78 Å². The summed E-state index contributed by atoms with van der Waals surface area (Å²) >= 11 is 0. The fraction of sp³-hybridized carbons (Fsp3) is 0.524. The minimum absolute atomic E-state index is 0.119. The normalized spacial score (nSPS) is 19.8. The van der Waals surface area contributed by atoms with Crippen molar-refractivity contribution in [3.05, 3.63) is 47.8 Å². The van der Waals surface area contributed by atoms with Crippen LogP contribution in [-0.4, -0.2) is 58.9 Å². The molecule has 1 aliphatic heterocycles. The fourth-order valence-electron chi connectivity index (χ4n) is 3.30. The number of aliphatic hydroxyl groups is 1. The monoisotopic (exact) mass is 411 g/mol. The topological polar surface area (TPSA) is 87.1 Å². The van der Waals surface area contributed by atoms with Gasteiger partial charge in [0, 0.05) is 19.6 Å². The summed E-state index contributed by atoms with van der Waals surface area (Å²) in [6.07, 6.45) is -0.0808. The average Bonchev–Trinajstić information content (AvgIpc) is 2.71. The van der Waals surface area contributed by atoms with Crippen molar-refractivity contribution in [3.8, 4) is 0 Å². The Kier molecular flexibility index (Phi) is 9.21. The van der Waals surface area contributed by atoms with Crippen LogP contribution in [0.15, 0.2) is 42.2 Å². The van der Waals surface area contributed by atoms with Gasteiger partial charge in [0.1, 0.15) is 18.5 Å². The molecule has 1 saturated heterocycles. The number of hydrogen-bond donors (Lipinski definition) is 2. The first-order valence-electron chi connectivity index (χ1n) is 9.73. The highest BCUT2D eigenvalue weighted by molar-refractivity contribution is 5.77. The zero-order valence-electron chi connectivity index (χ0n) is 16.2. The van der Waals surface area contributed by atoms with Gasteiger partial charge in [0.25, 0.3) is 0 Å². The van der Waals surface area contributed by atoms with Crippen molar-refractivity contribution in [2.45, 2.75) is 50.4 Å². The lowest BCUT2D eigenvalue weighted by Crippen LogP contribution is -2.43. The molecule has 2 rings (SSSR count). The van der Waals surface area contributed by atoms with Crippen LogP contribution in [0.3, 0.4) is 0 Å². The Morgan fingerprint density at radius 3 is 2.72 bits per heavy atom. The second kappa shape index (κ2) is 11.6. The van der Waals surface area contributed by atoms with Crippen LogP contribution in [0.25, 0.3) is 0 Å². The zero-order valence-corrected chi connectivity index (χ0v) is 16.2. The molecule has 1 amide bonds. The highest BCUT2D eigenvalue weighted by Crippen LogP contribution is 2.28. The van der Waals surface area contributed by atoms with Gasteiger partial charge >= 0.3 is 5.97 Å². The molecule has 1 aromatic rings. The first-order valence-corrected chi connectivity index (χ1v) is 9.73. The lowest BCUT2D eigenvalue weighted by molar-refractivity contribution is -0.142. The molecule has 0 bridgehead atoms. The summed E-state index contributed by atoms with van der Waals surface area (Å²) in [7, 11) is 0. The van der Waals surface area contributed by atoms with Gasteiger partial charge in [0.2, 0.25) is 5.91 Å². The second-order valence-electron chi connectivity index (χ2n) is 7.01. The minimum Gasteiger partial charge on any atom is -0.480 e. The molecule has 0 aliphatic carbocycles. The summed E-state index contributed by atoms with van der Waals surface area (Å²) < 4.78 is 33.9. The van der Waals surface area contributed by atoms with E-state index in [1.165, 1.54) is 17.0 Å². The minimum atomic E-state index is -1.93. The van der Waals surface area contributed by atoms with Gasteiger partial charge in [-0.25, -0.2) is 13.6 Å². The van der Waals surface area contributed by atoms with Gasteiger partial charge in [-0.15, -0.1) is 0 Å². The maximum Gasteiger partial charge on any atom is 0.329 e. The van der Waals surface area contributed by atoms with Gasteiger partial charge in [-0.1, -0.05) is 30.3 Å². The quantitative estimate of drug-likeness (QED) is 0.546. The highest BCUT2D eigenvalue weighted by atomic mass is 19.1. The molecule has 0 saturated carbocycles. The van der Waals surface area contributed by atoms with E-state index in [9.17, 15) is 23.5 Å². The third kappa shape index (κ3) is 7.21. The third-order valence-electron chi connectivity index (χ3n) is 4.80. The number of carbonyl (C=O) groups excluding carboxylic acids is 1. The van der Waals surface area contributed by atoms with Crippen LogP contribution in [0.2, 0.25) is 0 Å². The molecule has 2 N–H and O–H groups in total. The number of unbranched alkanes of at least 4 members (excludes halogenated alkanes) is 1. The summed E-state index contributed by atoms with van der Waals surface area (Å²) in [4.78, 5) is 24.2. The molecule has 1 heterocycles. The van der Waals surface area contributed by atoms with Crippen molar-refractivity contribution in [2.75, 3.05) is 19.8 Å². The number of carboxylic acid groups (broad SMARTS) is 1. The number of likely N-dealkylation sites (tertiary alicyclic amines) is 1. The third-order valence-corrected chi connectivity index (χ3v) is 4.80. The van der Waals surface area contributed by atoms with Gasteiger partial charge in [-0.2, -0.15) is 0 Å². The van der Waals surface area contributed by atoms with E-state index in [4.69, 9.17) is 9.84 Å². The van der Waals surface area contributed by atoms with Crippen molar-refractivity contribution in [1.29, 1.82) is 0 Å².